The lowest BCUT2D eigenvalue weighted by Crippen LogP contribution is -2.33. The number of amides is 1. The molecule has 3 rings (SSSR count). The molecule has 7 heteroatoms. The number of carbonyl (C=O) groups excluding carboxylic acids is 1. The molecule has 122 valence electrons. The van der Waals surface area contributed by atoms with Crippen molar-refractivity contribution in [2.24, 2.45) is 0 Å². The van der Waals surface area contributed by atoms with Gasteiger partial charge in [-0.15, -0.1) is 0 Å². The van der Waals surface area contributed by atoms with E-state index in [4.69, 9.17) is 17.3 Å². The Morgan fingerprint density at radius 2 is 1.96 bits per heavy atom. The van der Waals surface area contributed by atoms with Gasteiger partial charge in [-0.2, -0.15) is 0 Å². The zero-order valence-electron chi connectivity index (χ0n) is 12.8. The van der Waals surface area contributed by atoms with Crippen LogP contribution in [0.3, 0.4) is 0 Å². The van der Waals surface area contributed by atoms with Gasteiger partial charge in [0.15, 0.2) is 0 Å². The molecule has 1 aliphatic heterocycles. The van der Waals surface area contributed by atoms with E-state index in [1.807, 2.05) is 54.0 Å². The van der Waals surface area contributed by atoms with Gasteiger partial charge in [0.1, 0.15) is 10.9 Å². The molecule has 0 radical (unpaired) electrons. The first-order valence-corrected chi connectivity index (χ1v) is 8.41. The third kappa shape index (κ3) is 3.13. The summed E-state index contributed by atoms with van der Waals surface area (Å²) >= 11 is 6.24. The molecule has 1 saturated heterocycles. The molecule has 0 aliphatic carbocycles. The summed E-state index contributed by atoms with van der Waals surface area (Å²) < 4.78 is 2.30. The van der Waals surface area contributed by atoms with Gasteiger partial charge in [0.05, 0.1) is 4.91 Å². The Kier molecular flexibility index (Phi) is 4.55. The molecule has 0 spiro atoms. The fraction of sp³-hybridized carbons (Fsp3) is 0.118. The second kappa shape index (κ2) is 6.62. The van der Waals surface area contributed by atoms with Crippen LogP contribution in [-0.2, 0) is 9.59 Å². The van der Waals surface area contributed by atoms with E-state index in [0.29, 0.717) is 4.91 Å². The summed E-state index contributed by atoms with van der Waals surface area (Å²) in [6, 6.07) is 13.7. The topological polar surface area (TPSA) is 62.5 Å². The van der Waals surface area contributed by atoms with Gasteiger partial charge < -0.3 is 9.67 Å². The minimum Gasteiger partial charge on any atom is -0.480 e. The van der Waals surface area contributed by atoms with E-state index in [-0.39, 0.29) is 10.2 Å². The molecular weight excluding hydrogens is 344 g/mol. The van der Waals surface area contributed by atoms with Crippen LogP contribution in [0.5, 0.6) is 0 Å². The molecule has 1 amide bonds. The van der Waals surface area contributed by atoms with Crippen molar-refractivity contribution in [2.45, 2.75) is 6.92 Å². The number of rotatable bonds is 4. The smallest absolute Gasteiger partial charge is 0.323 e. The lowest BCUT2D eigenvalue weighted by atomic mass is 10.3. The van der Waals surface area contributed by atoms with Crippen LogP contribution in [0.1, 0.15) is 11.4 Å². The van der Waals surface area contributed by atoms with E-state index in [9.17, 15) is 9.59 Å². The molecule has 2 heterocycles. The number of carboxylic acid groups (broad SMARTS) is 1. The molecule has 1 fully saturated rings. The zero-order valence-corrected chi connectivity index (χ0v) is 14.4. The predicted molar refractivity (Wildman–Crippen MR) is 98.0 cm³/mol. The molecule has 2 aromatic rings. The molecule has 0 atom stereocenters. The Morgan fingerprint density at radius 1 is 1.25 bits per heavy atom. The largest absolute Gasteiger partial charge is 0.480 e. The highest BCUT2D eigenvalue weighted by Gasteiger charge is 2.33. The van der Waals surface area contributed by atoms with Gasteiger partial charge in [-0.1, -0.05) is 42.2 Å². The van der Waals surface area contributed by atoms with Crippen molar-refractivity contribution in [2.75, 3.05) is 6.54 Å². The Morgan fingerprint density at radius 3 is 2.62 bits per heavy atom. The van der Waals surface area contributed by atoms with Gasteiger partial charge in [-0.25, -0.2) is 0 Å². The SMILES string of the molecule is Cc1ccc(/C=C2/SC(=S)N(CC(=O)O)C2=O)n1-c1ccccc1. The third-order valence-electron chi connectivity index (χ3n) is 3.57. The van der Waals surface area contributed by atoms with Gasteiger partial charge >= 0.3 is 5.97 Å². The second-order valence-corrected chi connectivity index (χ2v) is 6.91. The van der Waals surface area contributed by atoms with Crippen molar-refractivity contribution in [1.82, 2.24) is 9.47 Å². The summed E-state index contributed by atoms with van der Waals surface area (Å²) in [6.45, 7) is 1.57. The van der Waals surface area contributed by atoms with E-state index in [1.165, 1.54) is 0 Å². The summed E-state index contributed by atoms with van der Waals surface area (Å²) in [5, 5.41) is 8.90. The number of carbonyl (C=O) groups is 2. The summed E-state index contributed by atoms with van der Waals surface area (Å²) in [4.78, 5) is 24.8. The average molecular weight is 358 g/mol. The summed E-state index contributed by atoms with van der Waals surface area (Å²) in [5.74, 6) is -1.46. The molecule has 1 N–H and O–H groups in total. The van der Waals surface area contributed by atoms with Crippen LogP contribution in [0.15, 0.2) is 47.4 Å². The lowest BCUT2D eigenvalue weighted by molar-refractivity contribution is -0.140. The first-order chi connectivity index (χ1) is 11.5. The van der Waals surface area contributed by atoms with Crippen molar-refractivity contribution in [3.05, 3.63) is 58.8 Å². The Labute approximate surface area is 148 Å². The van der Waals surface area contributed by atoms with Gasteiger partial charge in [-0.3, -0.25) is 14.5 Å². The Balaban J connectivity index is 1.98. The molecule has 0 unspecified atom stereocenters. The number of carboxylic acids is 1. The maximum Gasteiger partial charge on any atom is 0.323 e. The minimum atomic E-state index is -1.09. The van der Waals surface area contributed by atoms with E-state index in [1.54, 1.807) is 6.08 Å². The van der Waals surface area contributed by atoms with Gasteiger partial charge in [0.2, 0.25) is 0 Å². The average Bonchev–Trinajstić information content (AvgIpc) is 3.03. The van der Waals surface area contributed by atoms with E-state index in [2.05, 4.69) is 0 Å². The van der Waals surface area contributed by atoms with Crippen molar-refractivity contribution in [3.8, 4) is 5.69 Å². The molecule has 1 aliphatic rings. The quantitative estimate of drug-likeness (QED) is 0.672. The van der Waals surface area contributed by atoms with E-state index < -0.39 is 12.5 Å². The van der Waals surface area contributed by atoms with Crippen molar-refractivity contribution in [3.63, 3.8) is 0 Å². The highest BCUT2D eigenvalue weighted by molar-refractivity contribution is 8.26. The Hall–Kier alpha value is -2.38. The summed E-state index contributed by atoms with van der Waals surface area (Å²) in [5.41, 5.74) is 2.87. The number of thioether (sulfide) groups is 1. The fourth-order valence-electron chi connectivity index (χ4n) is 2.51. The molecule has 5 nitrogen and oxygen atoms in total. The van der Waals surface area contributed by atoms with Crippen LogP contribution in [0.2, 0.25) is 0 Å². The first kappa shape index (κ1) is 16.5. The number of benzene rings is 1. The highest BCUT2D eigenvalue weighted by atomic mass is 32.2. The zero-order chi connectivity index (χ0) is 17.3. The van der Waals surface area contributed by atoms with Crippen molar-refractivity contribution < 1.29 is 14.7 Å². The fourth-order valence-corrected chi connectivity index (χ4v) is 3.75. The van der Waals surface area contributed by atoms with E-state index in [0.717, 1.165) is 33.7 Å². The normalized spacial score (nSPS) is 16.2. The number of aryl methyl sites for hydroxylation is 1. The number of hydrogen-bond donors (Lipinski definition) is 1. The third-order valence-corrected chi connectivity index (χ3v) is 4.94. The van der Waals surface area contributed by atoms with Crippen LogP contribution in [0, 0.1) is 6.92 Å². The van der Waals surface area contributed by atoms with Crippen LogP contribution >= 0.6 is 24.0 Å². The summed E-state index contributed by atoms with van der Waals surface area (Å²) in [6.07, 6.45) is 1.75. The van der Waals surface area contributed by atoms with Crippen molar-refractivity contribution in [1.29, 1.82) is 0 Å². The number of aromatic nitrogens is 1. The molecule has 1 aromatic carbocycles. The van der Waals surface area contributed by atoms with Crippen LogP contribution in [0.4, 0.5) is 0 Å². The minimum absolute atomic E-state index is 0.267. The second-order valence-electron chi connectivity index (χ2n) is 5.23. The Bertz CT molecular complexity index is 856. The predicted octanol–water partition coefficient (Wildman–Crippen LogP) is 3.07. The number of hydrogen-bond acceptors (Lipinski definition) is 4. The molecule has 0 saturated carbocycles. The highest BCUT2D eigenvalue weighted by Crippen LogP contribution is 2.33. The van der Waals surface area contributed by atoms with Crippen LogP contribution in [0.25, 0.3) is 11.8 Å². The standard InChI is InChI=1S/C17H14N2O3S2/c1-11-7-8-13(19(11)12-5-3-2-4-6-12)9-14-16(22)18(10-15(20)21)17(23)24-14/h2-9H,10H2,1H3,(H,20,21)/b14-9+. The molecular formula is C17H14N2O3S2. The molecule has 0 bridgehead atoms. The van der Waals surface area contributed by atoms with Crippen LogP contribution in [-0.4, -0.2) is 37.3 Å². The number of para-hydroxylation sites is 1. The number of nitrogens with zero attached hydrogens (tertiary/aromatic N) is 2. The van der Waals surface area contributed by atoms with E-state index >= 15 is 0 Å². The van der Waals surface area contributed by atoms with Gasteiger partial charge in [-0.05, 0) is 37.3 Å². The van der Waals surface area contributed by atoms with Crippen LogP contribution < -0.4 is 0 Å². The molecule has 24 heavy (non-hydrogen) atoms. The lowest BCUT2D eigenvalue weighted by Gasteiger charge is -2.11. The molecule has 1 aromatic heterocycles. The summed E-state index contributed by atoms with van der Waals surface area (Å²) in [7, 11) is 0. The number of thiocarbonyl (C=S) groups is 1. The van der Waals surface area contributed by atoms with Crippen molar-refractivity contribution >= 4 is 46.3 Å². The maximum atomic E-state index is 12.4. The van der Waals surface area contributed by atoms with Gasteiger partial charge in [0.25, 0.3) is 5.91 Å². The number of aliphatic carboxylic acids is 1. The maximum absolute atomic E-state index is 12.4. The van der Waals surface area contributed by atoms with Gasteiger partial charge in [0, 0.05) is 17.1 Å². The first-order valence-electron chi connectivity index (χ1n) is 7.18. The monoisotopic (exact) mass is 358 g/mol.